The summed E-state index contributed by atoms with van der Waals surface area (Å²) in [7, 11) is 0. The van der Waals surface area contributed by atoms with E-state index in [0.717, 1.165) is 32.1 Å². The second kappa shape index (κ2) is 11.6. The Morgan fingerprint density at radius 1 is 1.40 bits per heavy atom. The Balaban J connectivity index is 1.74. The molecule has 0 bridgehead atoms. The van der Waals surface area contributed by atoms with Gasteiger partial charge in [-0.25, -0.2) is 0 Å². The van der Waals surface area contributed by atoms with E-state index in [-0.39, 0.29) is 17.2 Å². The van der Waals surface area contributed by atoms with Gasteiger partial charge in [0.25, 0.3) is 0 Å². The summed E-state index contributed by atoms with van der Waals surface area (Å²) in [4.78, 5) is 25.5. The van der Waals surface area contributed by atoms with E-state index in [0.29, 0.717) is 36.3 Å². The summed E-state index contributed by atoms with van der Waals surface area (Å²) in [6, 6.07) is 7.33. The molecule has 168 valence electrons. The van der Waals surface area contributed by atoms with Crippen molar-refractivity contribution in [1.82, 2.24) is 4.90 Å². The molecule has 1 saturated heterocycles. The molecule has 1 heterocycles. The molecular weight excluding hydrogens is 400 g/mol. The summed E-state index contributed by atoms with van der Waals surface area (Å²) in [6.07, 6.45) is 4.62. The van der Waals surface area contributed by atoms with Crippen LogP contribution in [-0.4, -0.2) is 51.7 Å². The van der Waals surface area contributed by atoms with Gasteiger partial charge in [0.15, 0.2) is 0 Å². The minimum absolute atomic E-state index is 0.113. The number of hydrogen-bond donors (Lipinski definition) is 2. The Hall–Kier alpha value is -1.73. The van der Waals surface area contributed by atoms with E-state index in [1.165, 1.54) is 6.92 Å². The number of amides is 2. The molecular formula is C23H36N2O4S. The number of hydrogen-bond acceptors (Lipinski definition) is 5. The number of anilines is 1. The predicted octanol–water partition coefficient (Wildman–Crippen LogP) is 4.28. The molecule has 0 radical (unpaired) electrons. The van der Waals surface area contributed by atoms with Crippen LogP contribution in [0.5, 0.6) is 5.75 Å². The van der Waals surface area contributed by atoms with Crippen LogP contribution in [0, 0.1) is 5.92 Å². The van der Waals surface area contributed by atoms with Gasteiger partial charge in [0.05, 0.1) is 23.3 Å². The Morgan fingerprint density at radius 3 is 2.87 bits per heavy atom. The second-order valence-electron chi connectivity index (χ2n) is 8.81. The molecule has 1 aliphatic rings. The smallest absolute Gasteiger partial charge is 0.233 e. The molecule has 1 aliphatic heterocycles. The van der Waals surface area contributed by atoms with Crippen LogP contribution in [0.1, 0.15) is 59.8 Å². The van der Waals surface area contributed by atoms with Crippen LogP contribution in [0.2, 0.25) is 0 Å². The molecule has 6 nitrogen and oxygen atoms in total. The Kier molecular flexibility index (Phi) is 9.49. The van der Waals surface area contributed by atoms with Gasteiger partial charge in [-0.15, -0.1) is 11.8 Å². The summed E-state index contributed by atoms with van der Waals surface area (Å²) >= 11 is 1.73. The number of nitrogens with zero attached hydrogens (tertiary/aromatic N) is 1. The summed E-state index contributed by atoms with van der Waals surface area (Å²) in [6.45, 7) is 8.62. The van der Waals surface area contributed by atoms with Crippen molar-refractivity contribution in [3.05, 3.63) is 24.3 Å². The average Bonchev–Trinajstić information content (AvgIpc) is 2.97. The van der Waals surface area contributed by atoms with E-state index in [4.69, 9.17) is 4.74 Å². The number of nitrogens with one attached hydrogen (secondary N) is 1. The van der Waals surface area contributed by atoms with E-state index in [1.807, 2.05) is 36.9 Å². The standard InChI is InChI=1S/C23H36N2O4S/c1-17(8-6-11-23(3,4)28)14-22-25(21(27)16-30-22)12-7-13-29-20-10-5-9-19(15-20)24-18(2)26/h5,9-10,15,17,22,28H,6-8,11-14,16H2,1-4H3,(H,24,26). The lowest BCUT2D eigenvalue weighted by atomic mass is 9.95. The molecule has 2 rings (SSSR count). The lowest BCUT2D eigenvalue weighted by molar-refractivity contribution is -0.128. The normalized spacial score (nSPS) is 17.8. The molecule has 2 unspecified atom stereocenters. The highest BCUT2D eigenvalue weighted by Gasteiger charge is 2.32. The molecule has 1 fully saturated rings. The Labute approximate surface area is 184 Å². The summed E-state index contributed by atoms with van der Waals surface area (Å²) in [5.41, 5.74) is 0.107. The zero-order valence-corrected chi connectivity index (χ0v) is 19.5. The van der Waals surface area contributed by atoms with Crippen LogP contribution >= 0.6 is 11.8 Å². The van der Waals surface area contributed by atoms with Gasteiger partial charge in [0.1, 0.15) is 5.75 Å². The number of carbonyl (C=O) groups excluding carboxylic acids is 2. The van der Waals surface area contributed by atoms with Crippen molar-refractivity contribution in [2.45, 2.75) is 70.8 Å². The van der Waals surface area contributed by atoms with Gasteiger partial charge in [-0.2, -0.15) is 0 Å². The van der Waals surface area contributed by atoms with Gasteiger partial charge in [-0.3, -0.25) is 9.59 Å². The highest BCUT2D eigenvalue weighted by molar-refractivity contribution is 8.00. The first-order chi connectivity index (χ1) is 14.1. The zero-order valence-electron chi connectivity index (χ0n) is 18.6. The largest absolute Gasteiger partial charge is 0.493 e. The fourth-order valence-electron chi connectivity index (χ4n) is 3.60. The molecule has 1 aromatic carbocycles. The van der Waals surface area contributed by atoms with Crippen LogP contribution in [0.4, 0.5) is 5.69 Å². The first kappa shape index (κ1) is 24.5. The SMILES string of the molecule is CC(=O)Nc1cccc(OCCCN2C(=O)CSC2CC(C)CCCC(C)(C)O)c1. The maximum Gasteiger partial charge on any atom is 0.233 e. The van der Waals surface area contributed by atoms with E-state index >= 15 is 0 Å². The van der Waals surface area contributed by atoms with E-state index < -0.39 is 5.60 Å². The number of benzene rings is 1. The molecule has 1 aromatic rings. The highest BCUT2D eigenvalue weighted by Crippen LogP contribution is 2.32. The van der Waals surface area contributed by atoms with Crippen molar-refractivity contribution in [1.29, 1.82) is 0 Å². The number of aliphatic hydroxyl groups is 1. The number of thioether (sulfide) groups is 1. The number of ether oxygens (including phenoxy) is 1. The van der Waals surface area contributed by atoms with Gasteiger partial charge < -0.3 is 20.1 Å². The summed E-state index contributed by atoms with van der Waals surface area (Å²) in [5.74, 6) is 1.88. The molecule has 0 saturated carbocycles. The highest BCUT2D eigenvalue weighted by atomic mass is 32.2. The third-order valence-corrected chi connectivity index (χ3v) is 6.37. The van der Waals surface area contributed by atoms with Gasteiger partial charge in [-0.1, -0.05) is 25.8 Å². The van der Waals surface area contributed by atoms with Crippen LogP contribution in [0.25, 0.3) is 0 Å². The maximum absolute atomic E-state index is 12.3. The van der Waals surface area contributed by atoms with Gasteiger partial charge >= 0.3 is 0 Å². The monoisotopic (exact) mass is 436 g/mol. The van der Waals surface area contributed by atoms with Crippen molar-refractivity contribution >= 4 is 29.3 Å². The molecule has 2 amide bonds. The molecule has 7 heteroatoms. The van der Waals surface area contributed by atoms with Crippen molar-refractivity contribution in [2.75, 3.05) is 24.2 Å². The molecule has 30 heavy (non-hydrogen) atoms. The van der Waals surface area contributed by atoms with Crippen molar-refractivity contribution in [3.8, 4) is 5.75 Å². The van der Waals surface area contributed by atoms with Gasteiger partial charge in [0.2, 0.25) is 11.8 Å². The van der Waals surface area contributed by atoms with Gasteiger partial charge in [-0.05, 0) is 51.2 Å². The molecule has 2 atom stereocenters. The minimum atomic E-state index is -0.606. The Morgan fingerprint density at radius 2 is 2.17 bits per heavy atom. The van der Waals surface area contributed by atoms with E-state index in [9.17, 15) is 14.7 Å². The topological polar surface area (TPSA) is 78.9 Å². The first-order valence-corrected chi connectivity index (χ1v) is 11.8. The van der Waals surface area contributed by atoms with Crippen molar-refractivity contribution in [3.63, 3.8) is 0 Å². The van der Waals surface area contributed by atoms with Crippen LogP contribution < -0.4 is 10.1 Å². The third-order valence-electron chi connectivity index (χ3n) is 5.12. The van der Waals surface area contributed by atoms with E-state index in [1.54, 1.807) is 17.8 Å². The number of rotatable bonds is 12. The molecule has 2 N–H and O–H groups in total. The van der Waals surface area contributed by atoms with E-state index in [2.05, 4.69) is 12.2 Å². The van der Waals surface area contributed by atoms with Crippen molar-refractivity contribution < 1.29 is 19.4 Å². The first-order valence-electron chi connectivity index (χ1n) is 10.8. The zero-order chi connectivity index (χ0) is 22.1. The third kappa shape index (κ3) is 8.96. The van der Waals surface area contributed by atoms with Crippen LogP contribution in [-0.2, 0) is 9.59 Å². The van der Waals surface area contributed by atoms with Crippen molar-refractivity contribution in [2.24, 2.45) is 5.92 Å². The maximum atomic E-state index is 12.3. The second-order valence-corrected chi connectivity index (χ2v) is 9.98. The fourth-order valence-corrected chi connectivity index (χ4v) is 4.97. The van der Waals surface area contributed by atoms with Crippen LogP contribution in [0.15, 0.2) is 24.3 Å². The molecule has 0 spiro atoms. The van der Waals surface area contributed by atoms with Crippen LogP contribution in [0.3, 0.4) is 0 Å². The summed E-state index contributed by atoms with van der Waals surface area (Å²) < 4.78 is 5.80. The lowest BCUT2D eigenvalue weighted by Crippen LogP contribution is -2.35. The summed E-state index contributed by atoms with van der Waals surface area (Å²) in [5, 5.41) is 12.8. The lowest BCUT2D eigenvalue weighted by Gasteiger charge is -2.27. The number of carbonyl (C=O) groups is 2. The molecule has 0 aromatic heterocycles. The average molecular weight is 437 g/mol. The quantitative estimate of drug-likeness (QED) is 0.478. The van der Waals surface area contributed by atoms with Gasteiger partial charge in [0, 0.05) is 25.2 Å². The fraction of sp³-hybridized carbons (Fsp3) is 0.652. The Bertz CT molecular complexity index is 705. The minimum Gasteiger partial charge on any atom is -0.493 e. The molecule has 0 aliphatic carbocycles. The predicted molar refractivity (Wildman–Crippen MR) is 123 cm³/mol.